The highest BCUT2D eigenvalue weighted by molar-refractivity contribution is 14.0. The van der Waals surface area contributed by atoms with E-state index >= 15 is 0 Å². The van der Waals surface area contributed by atoms with Gasteiger partial charge in [0.2, 0.25) is 0 Å². The van der Waals surface area contributed by atoms with Crippen molar-refractivity contribution in [2.75, 3.05) is 46.4 Å². The zero-order valence-electron chi connectivity index (χ0n) is 16.1. The lowest BCUT2D eigenvalue weighted by molar-refractivity contribution is -0.153. The van der Waals surface area contributed by atoms with Gasteiger partial charge in [0.15, 0.2) is 5.96 Å². The molecular weight excluding hydrogens is 451 g/mol. The number of ether oxygens (including phenoxy) is 2. The molecule has 2 aliphatic heterocycles. The molecule has 26 heavy (non-hydrogen) atoms. The highest BCUT2D eigenvalue weighted by Crippen LogP contribution is 2.16. The summed E-state index contributed by atoms with van der Waals surface area (Å²) < 4.78 is 10.8. The van der Waals surface area contributed by atoms with Crippen LogP contribution >= 0.6 is 24.0 Å². The van der Waals surface area contributed by atoms with Crippen molar-refractivity contribution in [3.63, 3.8) is 0 Å². The van der Waals surface area contributed by atoms with E-state index in [9.17, 15) is 9.59 Å². The molecule has 2 saturated heterocycles. The third-order valence-corrected chi connectivity index (χ3v) is 4.12. The monoisotopic (exact) mass is 482 g/mol. The van der Waals surface area contributed by atoms with Crippen LogP contribution in [0.1, 0.15) is 33.6 Å². The van der Waals surface area contributed by atoms with Crippen molar-refractivity contribution >= 4 is 41.8 Å². The molecule has 2 aliphatic rings. The van der Waals surface area contributed by atoms with Crippen LogP contribution in [0.25, 0.3) is 0 Å². The minimum atomic E-state index is -0.503. The van der Waals surface area contributed by atoms with Gasteiger partial charge in [0, 0.05) is 39.8 Å². The molecule has 2 rings (SSSR count). The third kappa shape index (κ3) is 6.90. The molecule has 0 aliphatic carbocycles. The lowest BCUT2D eigenvalue weighted by Gasteiger charge is -2.37. The molecule has 150 valence electrons. The zero-order valence-corrected chi connectivity index (χ0v) is 18.4. The van der Waals surface area contributed by atoms with Gasteiger partial charge in [-0.1, -0.05) is 0 Å². The van der Waals surface area contributed by atoms with Gasteiger partial charge in [-0.25, -0.2) is 0 Å². The first-order chi connectivity index (χ1) is 11.8. The van der Waals surface area contributed by atoms with Crippen molar-refractivity contribution in [2.45, 2.75) is 45.3 Å². The minimum Gasteiger partial charge on any atom is -0.459 e. The Kier molecular flexibility index (Phi) is 9.08. The molecule has 0 aromatic carbocycles. The average molecular weight is 482 g/mol. The first kappa shape index (κ1) is 22.9. The number of guanidine groups is 1. The second-order valence-corrected chi connectivity index (χ2v) is 7.30. The second-order valence-electron chi connectivity index (χ2n) is 7.30. The van der Waals surface area contributed by atoms with E-state index in [1.807, 2.05) is 30.6 Å². The van der Waals surface area contributed by atoms with E-state index in [0.717, 1.165) is 12.8 Å². The van der Waals surface area contributed by atoms with Crippen molar-refractivity contribution < 1.29 is 19.1 Å². The van der Waals surface area contributed by atoms with Gasteiger partial charge in [-0.05, 0) is 33.6 Å². The fourth-order valence-corrected chi connectivity index (χ4v) is 2.98. The van der Waals surface area contributed by atoms with Gasteiger partial charge in [0.25, 0.3) is 5.91 Å². The van der Waals surface area contributed by atoms with E-state index in [4.69, 9.17) is 9.47 Å². The van der Waals surface area contributed by atoms with Crippen LogP contribution in [0, 0.1) is 0 Å². The standard InChI is InChI=1S/C17H30N4O4.HI/c1-17(2,3)25-14(22)12-19-16(18-4)21-9-7-20(8-10-21)15(23)13-6-5-11-24-13;/h13H,5-12H2,1-4H3,(H,18,19);1H. The first-order valence-corrected chi connectivity index (χ1v) is 8.88. The molecule has 0 aromatic rings. The summed E-state index contributed by atoms with van der Waals surface area (Å²) in [5.74, 6) is 0.421. The van der Waals surface area contributed by atoms with E-state index in [1.165, 1.54) is 0 Å². The summed E-state index contributed by atoms with van der Waals surface area (Å²) in [6.45, 7) is 8.87. The van der Waals surface area contributed by atoms with Crippen LogP contribution in [0.3, 0.4) is 0 Å². The summed E-state index contributed by atoms with van der Waals surface area (Å²) in [5.41, 5.74) is -0.503. The number of rotatable bonds is 3. The molecule has 0 spiro atoms. The molecular formula is C17H31IN4O4. The summed E-state index contributed by atoms with van der Waals surface area (Å²) in [6.07, 6.45) is 1.51. The smallest absolute Gasteiger partial charge is 0.325 e. The van der Waals surface area contributed by atoms with Crippen molar-refractivity contribution in [1.82, 2.24) is 15.1 Å². The number of nitrogens with one attached hydrogen (secondary N) is 1. The van der Waals surface area contributed by atoms with E-state index < -0.39 is 5.60 Å². The van der Waals surface area contributed by atoms with Gasteiger partial charge in [-0.2, -0.15) is 0 Å². The van der Waals surface area contributed by atoms with Crippen LogP contribution in [0.4, 0.5) is 0 Å². The van der Waals surface area contributed by atoms with Crippen LogP contribution in [0.15, 0.2) is 4.99 Å². The third-order valence-electron chi connectivity index (χ3n) is 4.12. The zero-order chi connectivity index (χ0) is 18.4. The second kappa shape index (κ2) is 10.3. The molecule has 0 radical (unpaired) electrons. The molecule has 1 atom stereocenters. The fourth-order valence-electron chi connectivity index (χ4n) is 2.98. The van der Waals surface area contributed by atoms with Gasteiger partial charge >= 0.3 is 5.97 Å². The Morgan fingerprint density at radius 2 is 1.81 bits per heavy atom. The summed E-state index contributed by atoms with van der Waals surface area (Å²) in [7, 11) is 1.68. The van der Waals surface area contributed by atoms with Crippen molar-refractivity contribution in [3.8, 4) is 0 Å². The van der Waals surface area contributed by atoms with Gasteiger partial charge in [0.05, 0.1) is 0 Å². The number of hydrogen-bond acceptors (Lipinski definition) is 5. The van der Waals surface area contributed by atoms with Crippen LogP contribution < -0.4 is 5.32 Å². The van der Waals surface area contributed by atoms with E-state index in [2.05, 4.69) is 10.3 Å². The van der Waals surface area contributed by atoms with Crippen LogP contribution in [-0.2, 0) is 19.1 Å². The number of carbonyl (C=O) groups is 2. The summed E-state index contributed by atoms with van der Waals surface area (Å²) in [6, 6.07) is 0. The van der Waals surface area contributed by atoms with Crippen LogP contribution in [0.5, 0.6) is 0 Å². The van der Waals surface area contributed by atoms with E-state index in [0.29, 0.717) is 38.7 Å². The topological polar surface area (TPSA) is 83.5 Å². The molecule has 1 amide bonds. The SMILES string of the molecule is CN=C(NCC(=O)OC(C)(C)C)N1CCN(C(=O)C2CCCO2)CC1.I. The Morgan fingerprint density at radius 3 is 2.31 bits per heavy atom. The Labute approximate surface area is 172 Å². The Balaban J connectivity index is 0.00000338. The average Bonchev–Trinajstić information content (AvgIpc) is 3.08. The largest absolute Gasteiger partial charge is 0.459 e. The molecule has 0 bridgehead atoms. The predicted molar refractivity (Wildman–Crippen MR) is 110 cm³/mol. The molecule has 9 heteroatoms. The predicted octanol–water partition coefficient (Wildman–Crippen LogP) is 0.845. The van der Waals surface area contributed by atoms with Gasteiger partial charge in [-0.15, -0.1) is 24.0 Å². The summed E-state index contributed by atoms with van der Waals surface area (Å²) in [4.78, 5) is 32.3. The van der Waals surface area contributed by atoms with E-state index in [1.54, 1.807) is 7.05 Å². The molecule has 2 heterocycles. The Bertz CT molecular complexity index is 507. The molecule has 2 fully saturated rings. The lowest BCUT2D eigenvalue weighted by atomic mass is 10.2. The quantitative estimate of drug-likeness (QED) is 0.278. The van der Waals surface area contributed by atoms with E-state index in [-0.39, 0.29) is 48.5 Å². The summed E-state index contributed by atoms with van der Waals surface area (Å²) >= 11 is 0. The summed E-state index contributed by atoms with van der Waals surface area (Å²) in [5, 5.41) is 3.03. The number of esters is 1. The molecule has 0 aromatic heterocycles. The number of nitrogens with zero attached hydrogens (tertiary/aromatic N) is 3. The maximum Gasteiger partial charge on any atom is 0.325 e. The molecule has 1 unspecified atom stereocenters. The molecule has 1 N–H and O–H groups in total. The van der Waals surface area contributed by atoms with Gasteiger partial charge in [0.1, 0.15) is 18.2 Å². The molecule has 8 nitrogen and oxygen atoms in total. The molecule has 0 saturated carbocycles. The first-order valence-electron chi connectivity index (χ1n) is 8.88. The fraction of sp³-hybridized carbons (Fsp3) is 0.824. The van der Waals surface area contributed by atoms with Crippen LogP contribution in [-0.4, -0.2) is 85.7 Å². The highest BCUT2D eigenvalue weighted by atomic mass is 127. The minimum absolute atomic E-state index is 0. The highest BCUT2D eigenvalue weighted by Gasteiger charge is 2.31. The Morgan fingerprint density at radius 1 is 1.19 bits per heavy atom. The number of halogens is 1. The van der Waals surface area contributed by atoms with Crippen LogP contribution in [0.2, 0.25) is 0 Å². The van der Waals surface area contributed by atoms with Crippen molar-refractivity contribution in [1.29, 1.82) is 0 Å². The van der Waals surface area contributed by atoms with Crippen molar-refractivity contribution in [2.24, 2.45) is 4.99 Å². The Hall–Kier alpha value is -1.10. The van der Waals surface area contributed by atoms with Gasteiger partial charge in [-0.3, -0.25) is 14.6 Å². The number of hydrogen-bond donors (Lipinski definition) is 1. The lowest BCUT2D eigenvalue weighted by Crippen LogP contribution is -2.55. The maximum absolute atomic E-state index is 12.4. The normalized spacial score (nSPS) is 21.2. The number of amides is 1. The number of carbonyl (C=O) groups excluding carboxylic acids is 2. The number of aliphatic imine (C=N–C) groups is 1. The van der Waals surface area contributed by atoms with Crippen molar-refractivity contribution in [3.05, 3.63) is 0 Å². The number of piperazine rings is 1. The van der Waals surface area contributed by atoms with Gasteiger partial charge < -0.3 is 24.6 Å². The maximum atomic E-state index is 12.4.